The normalized spacial score (nSPS) is 22.7. The number of rotatable bonds is 8. The number of nitrogens with zero attached hydrogens (tertiary/aromatic N) is 3. The van der Waals surface area contributed by atoms with Crippen LogP contribution in [-0.2, 0) is 19.6 Å². The zero-order valence-corrected chi connectivity index (χ0v) is 21.0. The van der Waals surface area contributed by atoms with Gasteiger partial charge in [0.2, 0.25) is 15.9 Å². The van der Waals surface area contributed by atoms with E-state index < -0.39 is 10.0 Å². The summed E-state index contributed by atoms with van der Waals surface area (Å²) in [6.45, 7) is 5.21. The molecule has 2 saturated heterocycles. The maximum Gasteiger partial charge on any atom is 0.244 e. The Kier molecular flexibility index (Phi) is 8.67. The number of nitrogens with one attached hydrogen (secondary N) is 1. The molecule has 0 aromatic carbocycles. The van der Waals surface area contributed by atoms with Crippen LogP contribution in [0.25, 0.3) is 0 Å². The molecule has 1 aromatic rings. The second-order valence-corrected chi connectivity index (χ2v) is 12.2. The number of amides is 1. The molecule has 4 rings (SSSR count). The van der Waals surface area contributed by atoms with Gasteiger partial charge in [0.25, 0.3) is 0 Å². The fraction of sp³-hybridized carbons (Fsp3) is 0.739. The number of aromatic nitrogens is 1. The average Bonchev–Trinajstić information content (AvgIpc) is 2.88. The van der Waals surface area contributed by atoms with Crippen molar-refractivity contribution in [1.29, 1.82) is 0 Å². The molecule has 0 radical (unpaired) electrons. The molecule has 1 aliphatic carbocycles. The van der Waals surface area contributed by atoms with Gasteiger partial charge in [-0.15, -0.1) is 0 Å². The number of hydrogen-bond acceptors (Lipinski definition) is 7. The highest BCUT2D eigenvalue weighted by atomic mass is 32.2. The van der Waals surface area contributed by atoms with E-state index in [0.29, 0.717) is 24.7 Å². The third kappa shape index (κ3) is 6.28. The van der Waals surface area contributed by atoms with Gasteiger partial charge < -0.3 is 10.1 Å². The van der Waals surface area contributed by atoms with Crippen LogP contribution in [0, 0.1) is 0 Å². The predicted octanol–water partition coefficient (Wildman–Crippen LogP) is 2.50. The molecule has 0 unspecified atom stereocenters. The van der Waals surface area contributed by atoms with Crippen LogP contribution in [0.1, 0.15) is 51.4 Å². The van der Waals surface area contributed by atoms with Gasteiger partial charge in [-0.3, -0.25) is 9.69 Å². The standard InChI is InChI=1S/C23H36N4O4S2/c28-21(25-19-23(9-3-1-4-10-23)26-13-15-31-16-14-26)18-32-22-8-7-20(17-24-22)33(29,30)27-11-5-2-6-12-27/h7-8,17H,1-6,9-16,18-19H2,(H,25,28). The molecule has 2 aliphatic heterocycles. The molecule has 10 heteroatoms. The third-order valence-corrected chi connectivity index (χ3v) is 9.92. The number of hydrogen-bond donors (Lipinski definition) is 1. The quantitative estimate of drug-likeness (QED) is 0.553. The van der Waals surface area contributed by atoms with Crippen molar-refractivity contribution in [2.24, 2.45) is 0 Å². The van der Waals surface area contributed by atoms with Crippen LogP contribution in [0.15, 0.2) is 28.3 Å². The molecule has 1 aromatic heterocycles. The summed E-state index contributed by atoms with van der Waals surface area (Å²) in [7, 11) is -3.48. The molecule has 8 nitrogen and oxygen atoms in total. The Morgan fingerprint density at radius 2 is 1.73 bits per heavy atom. The van der Waals surface area contributed by atoms with Crippen molar-refractivity contribution in [3.63, 3.8) is 0 Å². The van der Waals surface area contributed by atoms with Crippen molar-refractivity contribution in [2.45, 2.75) is 66.8 Å². The molecule has 184 valence electrons. The predicted molar refractivity (Wildman–Crippen MR) is 129 cm³/mol. The van der Waals surface area contributed by atoms with E-state index in [2.05, 4.69) is 15.2 Å². The van der Waals surface area contributed by atoms with Crippen molar-refractivity contribution in [3.8, 4) is 0 Å². The van der Waals surface area contributed by atoms with E-state index >= 15 is 0 Å². The third-order valence-electron chi connectivity index (χ3n) is 7.09. The van der Waals surface area contributed by atoms with E-state index in [1.54, 1.807) is 16.4 Å². The highest BCUT2D eigenvalue weighted by Gasteiger charge is 2.38. The topological polar surface area (TPSA) is 91.8 Å². The monoisotopic (exact) mass is 496 g/mol. The molecule has 3 aliphatic rings. The van der Waals surface area contributed by atoms with E-state index in [4.69, 9.17) is 4.74 Å². The number of sulfonamides is 1. The highest BCUT2D eigenvalue weighted by Crippen LogP contribution is 2.34. The SMILES string of the molecule is O=C(CSc1ccc(S(=O)(=O)N2CCCCC2)cn1)NCC1(N2CCOCC2)CCCCC1. The number of morpholine rings is 1. The second kappa shape index (κ2) is 11.5. The Bertz CT molecular complexity index is 876. The molecule has 0 bridgehead atoms. The molecule has 1 amide bonds. The van der Waals surface area contributed by atoms with Crippen LogP contribution in [0.3, 0.4) is 0 Å². The summed E-state index contributed by atoms with van der Waals surface area (Å²) in [6, 6.07) is 3.30. The Morgan fingerprint density at radius 3 is 2.39 bits per heavy atom. The Balaban J connectivity index is 1.28. The molecule has 1 saturated carbocycles. The van der Waals surface area contributed by atoms with Crippen LogP contribution in [-0.4, -0.2) is 85.7 Å². The zero-order chi connectivity index (χ0) is 23.2. The zero-order valence-electron chi connectivity index (χ0n) is 19.3. The van der Waals surface area contributed by atoms with Crippen molar-refractivity contribution in [1.82, 2.24) is 19.5 Å². The molecule has 0 spiro atoms. The first-order chi connectivity index (χ1) is 16.0. The molecule has 3 heterocycles. The van der Waals surface area contributed by atoms with Gasteiger partial charge in [-0.25, -0.2) is 13.4 Å². The summed E-state index contributed by atoms with van der Waals surface area (Å²) >= 11 is 1.34. The minimum absolute atomic E-state index is 0.00924. The largest absolute Gasteiger partial charge is 0.379 e. The van der Waals surface area contributed by atoms with E-state index in [1.807, 2.05) is 0 Å². The molecule has 33 heavy (non-hydrogen) atoms. The van der Waals surface area contributed by atoms with Crippen molar-refractivity contribution < 1.29 is 17.9 Å². The maximum absolute atomic E-state index is 12.8. The molecular weight excluding hydrogens is 460 g/mol. The first-order valence-corrected chi connectivity index (χ1v) is 14.6. The molecular formula is C23H36N4O4S2. The summed E-state index contributed by atoms with van der Waals surface area (Å²) in [5.74, 6) is 0.259. The van der Waals surface area contributed by atoms with Crippen molar-refractivity contribution >= 4 is 27.7 Å². The maximum atomic E-state index is 12.8. The lowest BCUT2D eigenvalue weighted by Crippen LogP contribution is -2.59. The Labute approximate surface area is 201 Å². The van der Waals surface area contributed by atoms with Gasteiger partial charge in [0.05, 0.1) is 24.0 Å². The highest BCUT2D eigenvalue weighted by molar-refractivity contribution is 7.99. The lowest BCUT2D eigenvalue weighted by Gasteiger charge is -2.48. The number of thioether (sulfide) groups is 1. The van der Waals surface area contributed by atoms with Gasteiger partial charge in [0.15, 0.2) is 0 Å². The van der Waals surface area contributed by atoms with Gasteiger partial charge in [0.1, 0.15) is 4.90 Å². The second-order valence-electron chi connectivity index (χ2n) is 9.25. The Morgan fingerprint density at radius 1 is 1.03 bits per heavy atom. The molecule has 0 atom stereocenters. The first-order valence-electron chi connectivity index (χ1n) is 12.2. The number of ether oxygens (including phenoxy) is 1. The van der Waals surface area contributed by atoms with Gasteiger partial charge in [-0.2, -0.15) is 4.31 Å². The summed E-state index contributed by atoms with van der Waals surface area (Å²) in [6.07, 6.45) is 10.2. The van der Waals surface area contributed by atoms with Crippen LogP contribution in [0.5, 0.6) is 0 Å². The fourth-order valence-electron chi connectivity index (χ4n) is 5.17. The molecule has 1 N–H and O–H groups in total. The lowest BCUT2D eigenvalue weighted by atomic mass is 9.79. The lowest BCUT2D eigenvalue weighted by molar-refractivity contribution is -0.119. The van der Waals surface area contributed by atoms with Gasteiger partial charge >= 0.3 is 0 Å². The van der Waals surface area contributed by atoms with Crippen LogP contribution < -0.4 is 5.32 Å². The number of carbonyl (C=O) groups excluding carboxylic acids is 1. The van der Waals surface area contributed by atoms with Crippen molar-refractivity contribution in [2.75, 3.05) is 51.7 Å². The van der Waals surface area contributed by atoms with Gasteiger partial charge in [-0.05, 0) is 37.8 Å². The van der Waals surface area contributed by atoms with Gasteiger partial charge in [-0.1, -0.05) is 37.4 Å². The van der Waals surface area contributed by atoms with Gasteiger partial charge in [0, 0.05) is 44.5 Å². The van der Waals surface area contributed by atoms with E-state index in [1.165, 1.54) is 37.2 Å². The Hall–Kier alpha value is -1.20. The minimum Gasteiger partial charge on any atom is -0.379 e. The summed E-state index contributed by atoms with van der Waals surface area (Å²) in [4.78, 5) is 19.7. The van der Waals surface area contributed by atoms with E-state index in [-0.39, 0.29) is 22.1 Å². The van der Waals surface area contributed by atoms with Crippen LogP contribution >= 0.6 is 11.8 Å². The van der Waals surface area contributed by atoms with Crippen LogP contribution in [0.4, 0.5) is 0 Å². The molecule has 3 fully saturated rings. The number of pyridine rings is 1. The van der Waals surface area contributed by atoms with Crippen molar-refractivity contribution in [3.05, 3.63) is 18.3 Å². The summed E-state index contributed by atoms with van der Waals surface area (Å²) in [5, 5.41) is 3.82. The van der Waals surface area contributed by atoms with E-state index in [0.717, 1.165) is 58.4 Å². The smallest absolute Gasteiger partial charge is 0.244 e. The summed E-state index contributed by atoms with van der Waals surface area (Å²) in [5.41, 5.74) is 0.0467. The first kappa shape index (κ1) is 24.9. The minimum atomic E-state index is -3.48. The fourth-order valence-corrected chi connectivity index (χ4v) is 7.30. The van der Waals surface area contributed by atoms with E-state index in [9.17, 15) is 13.2 Å². The summed E-state index contributed by atoms with van der Waals surface area (Å²) < 4.78 is 32.6. The number of piperidine rings is 1. The number of carbonyl (C=O) groups is 1. The average molecular weight is 497 g/mol. The van der Waals surface area contributed by atoms with Crippen LogP contribution in [0.2, 0.25) is 0 Å².